The minimum atomic E-state index is -4.47. The number of Topliss-reactive ketones (excluding diaryl/α,β-unsaturated/α-hetero) is 2. The molecule has 0 radical (unpaired) electrons. The molecule has 19 heteroatoms. The molecule has 0 saturated carbocycles. The quantitative estimate of drug-likeness (QED) is 0.0996. The monoisotopic (exact) mass is 649 g/mol. The van der Waals surface area contributed by atoms with Crippen molar-refractivity contribution in [2.24, 2.45) is 4.99 Å². The number of carbonyl (C=O) groups excluding carboxylic acids is 3. The van der Waals surface area contributed by atoms with Crippen molar-refractivity contribution in [3.63, 3.8) is 0 Å². The number of hydrogen-bond acceptors (Lipinski definition) is 11. The lowest BCUT2D eigenvalue weighted by Gasteiger charge is -2.01. The van der Waals surface area contributed by atoms with Gasteiger partial charge in [-0.1, -0.05) is 0 Å². The summed E-state index contributed by atoms with van der Waals surface area (Å²) in [6, 6.07) is 11.6. The Hall–Kier alpha value is -4.79. The van der Waals surface area contributed by atoms with Gasteiger partial charge in [-0.15, -0.1) is 0 Å². The van der Waals surface area contributed by atoms with E-state index in [1.807, 2.05) is 0 Å². The molecule has 0 saturated heterocycles. The van der Waals surface area contributed by atoms with Crippen molar-refractivity contribution in [2.75, 3.05) is 5.32 Å². The number of carbonyl (C=O) groups is 3. The molecule has 6 rings (SSSR count). The van der Waals surface area contributed by atoms with Gasteiger partial charge < -0.3 is 23.8 Å². The van der Waals surface area contributed by atoms with Gasteiger partial charge in [-0.3, -0.25) is 28.0 Å². The number of rotatable bonds is 6. The van der Waals surface area contributed by atoms with Crippen LogP contribution >= 0.6 is 0 Å². The van der Waals surface area contributed by atoms with E-state index in [0.717, 1.165) is 12.1 Å². The zero-order valence-electron chi connectivity index (χ0n) is 20.8. The third-order valence-electron chi connectivity index (χ3n) is 5.96. The molecule has 3 heterocycles. The minimum Gasteiger partial charge on any atom is -0.505 e. The fourth-order valence-corrected chi connectivity index (χ4v) is 5.18. The molecular formula is C24H15N3O13S3. The summed E-state index contributed by atoms with van der Waals surface area (Å²) in [6.07, 6.45) is 0. The number of benzene rings is 3. The smallest absolute Gasteiger partial charge is 0.357 e. The Kier molecular flexibility index (Phi) is 7.69. The second-order valence-electron chi connectivity index (χ2n) is 8.59. The number of aromatic hydroxyl groups is 1. The van der Waals surface area contributed by atoms with Gasteiger partial charge in [-0.2, -0.15) is 16.8 Å². The summed E-state index contributed by atoms with van der Waals surface area (Å²) in [5.41, 5.74) is 1.06. The van der Waals surface area contributed by atoms with E-state index >= 15 is 0 Å². The molecular weight excluding hydrogens is 634 g/mol. The number of nitrogens with one attached hydrogen (secondary N) is 2. The first kappa shape index (κ1) is 29.7. The summed E-state index contributed by atoms with van der Waals surface area (Å²) in [4.78, 5) is 41.4. The maximum absolute atomic E-state index is 12.7. The molecule has 4 aromatic rings. The van der Waals surface area contributed by atoms with Crippen LogP contribution in [0.4, 0.5) is 11.4 Å². The summed E-state index contributed by atoms with van der Waals surface area (Å²) < 4.78 is 79.2. The van der Waals surface area contributed by atoms with Crippen molar-refractivity contribution in [1.82, 2.24) is 4.98 Å². The van der Waals surface area contributed by atoms with Crippen LogP contribution in [0.2, 0.25) is 0 Å². The van der Waals surface area contributed by atoms with E-state index in [9.17, 15) is 36.3 Å². The summed E-state index contributed by atoms with van der Waals surface area (Å²) >= 11 is -5.01. The summed E-state index contributed by atoms with van der Waals surface area (Å²) in [7, 11) is -4.47. The number of aromatic amines is 1. The summed E-state index contributed by atoms with van der Waals surface area (Å²) in [5.74, 6) is -2.33. The third kappa shape index (κ3) is 5.93. The molecule has 2 atom stereocenters. The maximum atomic E-state index is 12.7. The molecule has 6 N–H and O–H groups in total. The number of ketones is 2. The SMILES string of the molecule is O=C1C(c2[nH]c3ccc(S(=O)(=O)O)cc3c2O)=Nc2ccc(OS(=O)O)cc21.O=C1Nc2ccc(OS(=O)O)cc2C1=O. The highest BCUT2D eigenvalue weighted by Crippen LogP contribution is 2.37. The van der Waals surface area contributed by atoms with Gasteiger partial charge in [0.05, 0.1) is 27.4 Å². The molecule has 2 aliphatic heterocycles. The Labute approximate surface area is 245 Å². The van der Waals surface area contributed by atoms with Crippen molar-refractivity contribution in [1.29, 1.82) is 0 Å². The van der Waals surface area contributed by atoms with E-state index in [1.54, 1.807) is 0 Å². The van der Waals surface area contributed by atoms with Crippen molar-refractivity contribution in [3.05, 3.63) is 71.4 Å². The molecule has 3 aromatic carbocycles. The lowest BCUT2D eigenvalue weighted by atomic mass is 10.1. The molecule has 0 spiro atoms. The second-order valence-corrected chi connectivity index (χ2v) is 11.2. The molecule has 0 aliphatic carbocycles. The molecule has 16 nitrogen and oxygen atoms in total. The van der Waals surface area contributed by atoms with E-state index < -0.39 is 61.0 Å². The van der Waals surface area contributed by atoms with E-state index in [0.29, 0.717) is 11.2 Å². The summed E-state index contributed by atoms with van der Waals surface area (Å²) in [5, 5.41) is 12.9. The van der Waals surface area contributed by atoms with Gasteiger partial charge in [0, 0.05) is 10.9 Å². The van der Waals surface area contributed by atoms with Gasteiger partial charge in [-0.05, 0) is 54.6 Å². The highest BCUT2D eigenvalue weighted by Gasteiger charge is 2.31. The van der Waals surface area contributed by atoms with Gasteiger partial charge in [0.1, 0.15) is 22.9 Å². The predicted octanol–water partition coefficient (Wildman–Crippen LogP) is 2.29. The maximum Gasteiger partial charge on any atom is 0.357 e. The number of fused-ring (bicyclic) bond motifs is 3. The largest absolute Gasteiger partial charge is 0.505 e. The van der Waals surface area contributed by atoms with Crippen LogP contribution in [-0.2, 0) is 37.6 Å². The van der Waals surface area contributed by atoms with Crippen LogP contribution in [0, 0.1) is 0 Å². The van der Waals surface area contributed by atoms with E-state index in [2.05, 4.69) is 23.7 Å². The van der Waals surface area contributed by atoms with Crippen LogP contribution in [0.1, 0.15) is 26.4 Å². The van der Waals surface area contributed by atoms with Gasteiger partial charge >= 0.3 is 22.7 Å². The average Bonchev–Trinajstić information content (AvgIpc) is 3.53. The van der Waals surface area contributed by atoms with Gasteiger partial charge in [0.25, 0.3) is 21.8 Å². The first-order valence-electron chi connectivity index (χ1n) is 11.4. The fourth-order valence-electron chi connectivity index (χ4n) is 4.14. The number of aromatic nitrogens is 1. The number of H-pyrrole nitrogens is 1. The van der Waals surface area contributed by atoms with Crippen LogP contribution < -0.4 is 13.7 Å². The second kappa shape index (κ2) is 11.1. The Bertz CT molecular complexity index is 2070. The highest BCUT2D eigenvalue weighted by atomic mass is 32.2. The van der Waals surface area contributed by atoms with Crippen LogP contribution in [0.25, 0.3) is 10.9 Å². The first-order chi connectivity index (χ1) is 20.2. The van der Waals surface area contributed by atoms with Gasteiger partial charge in [0.2, 0.25) is 5.78 Å². The van der Waals surface area contributed by atoms with Crippen LogP contribution in [0.3, 0.4) is 0 Å². The van der Waals surface area contributed by atoms with E-state index in [4.69, 9.17) is 13.7 Å². The third-order valence-corrected chi connectivity index (χ3v) is 7.48. The number of nitrogens with zero attached hydrogens (tertiary/aromatic N) is 1. The Balaban J connectivity index is 0.000000207. The van der Waals surface area contributed by atoms with Crippen LogP contribution in [-0.4, -0.2) is 63.8 Å². The van der Waals surface area contributed by atoms with Gasteiger partial charge in [-0.25, -0.2) is 4.99 Å². The average molecular weight is 650 g/mol. The molecule has 2 aliphatic rings. The van der Waals surface area contributed by atoms with Crippen molar-refractivity contribution in [3.8, 4) is 17.2 Å². The lowest BCUT2D eigenvalue weighted by Crippen LogP contribution is -2.12. The molecule has 0 bridgehead atoms. The number of hydrogen-bond donors (Lipinski definition) is 6. The van der Waals surface area contributed by atoms with Crippen molar-refractivity contribution < 1.29 is 58.4 Å². The molecule has 43 heavy (non-hydrogen) atoms. The zero-order chi connectivity index (χ0) is 31.2. The summed E-state index contributed by atoms with van der Waals surface area (Å²) in [6.45, 7) is 0. The molecule has 2 unspecified atom stereocenters. The Morgan fingerprint density at radius 1 is 0.814 bits per heavy atom. The Morgan fingerprint density at radius 3 is 2.07 bits per heavy atom. The molecule has 1 aromatic heterocycles. The topological polar surface area (TPSA) is 259 Å². The van der Waals surface area contributed by atoms with Gasteiger partial charge in [0.15, 0.2) is 5.75 Å². The number of anilines is 1. The first-order valence-corrected chi connectivity index (χ1v) is 14.9. The lowest BCUT2D eigenvalue weighted by molar-refractivity contribution is -0.112. The normalized spacial score (nSPS) is 15.1. The molecule has 1 amide bonds. The fraction of sp³-hybridized carbons (Fsp3) is 0. The van der Waals surface area contributed by atoms with E-state index in [-0.39, 0.29) is 45.1 Å². The molecule has 222 valence electrons. The van der Waals surface area contributed by atoms with Crippen molar-refractivity contribution >= 4 is 78.3 Å². The van der Waals surface area contributed by atoms with Crippen molar-refractivity contribution in [2.45, 2.75) is 4.90 Å². The van der Waals surface area contributed by atoms with E-state index in [1.165, 1.54) is 42.5 Å². The predicted molar refractivity (Wildman–Crippen MR) is 149 cm³/mol. The number of amides is 1. The molecule has 0 fully saturated rings. The van der Waals surface area contributed by atoms with Crippen LogP contribution in [0.15, 0.2) is 64.5 Å². The zero-order valence-corrected chi connectivity index (χ0v) is 23.3. The van der Waals surface area contributed by atoms with Crippen LogP contribution in [0.5, 0.6) is 17.2 Å². The highest BCUT2D eigenvalue weighted by molar-refractivity contribution is 7.85. The minimum absolute atomic E-state index is 0.0111. The Morgan fingerprint density at radius 2 is 1.44 bits per heavy atom. The standard InChI is InChI=1S/C16H10N2O8S2.C8H5NO5S/c19-15-9-5-7(26-27(21)22)1-3-11(9)17-13(15)14-16(20)10-6-8(28(23,24)25)2-4-12(10)18-14;10-7-5-3-4(14-15(12)13)1-2-6(5)9-8(7)11/h1-6,18,20H,(H,21,22)(H,23,24,25);1-3H,(H,12,13)(H,9,10,11). The number of aliphatic imine (C=N–C) groups is 1.